The normalized spacial score (nSPS) is 8.66. The summed E-state index contributed by atoms with van der Waals surface area (Å²) in [5.41, 5.74) is -0.351. The van der Waals surface area contributed by atoms with Gasteiger partial charge in [-0.15, -0.1) is 0 Å². The van der Waals surface area contributed by atoms with Crippen molar-refractivity contribution < 1.29 is 43.7 Å². The van der Waals surface area contributed by atoms with Crippen LogP contribution in [0.1, 0.15) is 94.9 Å². The van der Waals surface area contributed by atoms with E-state index in [4.69, 9.17) is 14.6 Å². The molecule has 0 aliphatic heterocycles. The van der Waals surface area contributed by atoms with Crippen molar-refractivity contribution in [1.29, 1.82) is 0 Å². The maximum Gasteiger partial charge on any atom is 0.505 e. The van der Waals surface area contributed by atoms with Gasteiger partial charge in [0, 0.05) is 0 Å². The fraction of sp³-hybridized carbons (Fsp3) is 0.913. The van der Waals surface area contributed by atoms with Gasteiger partial charge in [0.2, 0.25) is 0 Å². The number of hydrogen-bond donors (Lipinski definition) is 1. The van der Waals surface area contributed by atoms with Gasteiger partial charge in [0.1, 0.15) is 0 Å². The molecule has 0 atom stereocenters. The van der Waals surface area contributed by atoms with Gasteiger partial charge in [0.15, 0.2) is 0 Å². The van der Waals surface area contributed by atoms with Crippen molar-refractivity contribution in [3.05, 3.63) is 0 Å². The van der Waals surface area contributed by atoms with E-state index < -0.39 is 6.16 Å². The molecule has 9 nitrogen and oxygen atoms in total. The lowest BCUT2D eigenvalue weighted by Crippen LogP contribution is -2.22. The predicted octanol–water partition coefficient (Wildman–Crippen LogP) is 6.69. The number of carbonyl (C=O) groups excluding carboxylic acids is 1. The van der Waals surface area contributed by atoms with E-state index in [2.05, 4.69) is 52.0 Å². The van der Waals surface area contributed by atoms with E-state index in [1.54, 1.807) is 0 Å². The number of esters is 1. The van der Waals surface area contributed by atoms with Crippen LogP contribution in [0.25, 0.3) is 0 Å². The molecule has 0 aromatic rings. The minimum atomic E-state index is -1.25. The Labute approximate surface area is 197 Å². The summed E-state index contributed by atoms with van der Waals surface area (Å²) in [6.45, 7) is 21.7. The maximum absolute atomic E-state index is 10.8. The first kappa shape index (κ1) is 44.3. The van der Waals surface area contributed by atoms with Gasteiger partial charge in [-0.25, -0.2) is 24.3 Å². The Morgan fingerprint density at radius 1 is 0.719 bits per heavy atom. The highest BCUT2D eigenvalue weighted by atomic mass is 17.2. The lowest BCUT2D eigenvalue weighted by Gasteiger charge is -2.14. The van der Waals surface area contributed by atoms with Crippen LogP contribution >= 0.6 is 0 Å². The van der Waals surface area contributed by atoms with E-state index >= 15 is 0 Å². The van der Waals surface area contributed by atoms with E-state index in [1.165, 1.54) is 27.1 Å². The molecule has 200 valence electrons. The summed E-state index contributed by atoms with van der Waals surface area (Å²) in [7, 11) is 4.12. The van der Waals surface area contributed by atoms with Crippen molar-refractivity contribution >= 4 is 12.1 Å². The average molecular weight is 475 g/mol. The molecule has 0 radical (unpaired) electrons. The van der Waals surface area contributed by atoms with Crippen LogP contribution in [0.3, 0.4) is 0 Å². The molecule has 0 rings (SSSR count). The van der Waals surface area contributed by atoms with Gasteiger partial charge in [-0.05, 0) is 40.5 Å². The van der Waals surface area contributed by atoms with Gasteiger partial charge >= 0.3 is 12.1 Å². The molecule has 0 aromatic heterocycles. The molecular weight excluding hydrogens is 420 g/mol. The SMILES string of the molecule is CCC.CCC.CCCOOC.CCCOOC.CCOC(=O)C(C)(C)C.COC(=O)O. The van der Waals surface area contributed by atoms with Crippen LogP contribution < -0.4 is 0 Å². The van der Waals surface area contributed by atoms with Gasteiger partial charge in [0.25, 0.3) is 0 Å². The van der Waals surface area contributed by atoms with Crippen molar-refractivity contribution in [3.8, 4) is 0 Å². The Kier molecular flexibility index (Phi) is 60.1. The Balaban J connectivity index is -0.0000000662. The third-order valence-corrected chi connectivity index (χ3v) is 1.87. The summed E-state index contributed by atoms with van der Waals surface area (Å²) in [4.78, 5) is 37.5. The van der Waals surface area contributed by atoms with Crippen LogP contribution in [0.4, 0.5) is 4.79 Å². The summed E-state index contributed by atoms with van der Waals surface area (Å²) >= 11 is 0. The van der Waals surface area contributed by atoms with Crippen LogP contribution in [-0.2, 0) is 33.8 Å². The number of rotatable bonds is 7. The van der Waals surface area contributed by atoms with E-state index in [0.29, 0.717) is 19.8 Å². The molecule has 0 aromatic carbocycles. The summed E-state index contributed by atoms with van der Waals surface area (Å²) in [5.74, 6) is -0.134. The van der Waals surface area contributed by atoms with Crippen LogP contribution in [0.2, 0.25) is 0 Å². The van der Waals surface area contributed by atoms with Gasteiger partial charge in [-0.3, -0.25) is 4.79 Å². The second-order valence-electron chi connectivity index (χ2n) is 6.83. The maximum atomic E-state index is 10.8. The summed E-state index contributed by atoms with van der Waals surface area (Å²) in [6.07, 6.45) is 3.27. The standard InChI is InChI=1S/C7H14O2.2C4H10O2.2C3H8.C2H4O3/c1-5-9-6(8)7(2,3)4;2*1-3-4-6-5-2;2*1-3-2;1-5-2(3)4/h5H2,1-4H3;2*3-4H2,1-2H3;2*3H2,1-2H3;1H3,(H,3,4). The molecule has 0 heterocycles. The van der Waals surface area contributed by atoms with Crippen molar-refractivity contribution in [3.63, 3.8) is 0 Å². The Hall–Kier alpha value is -1.42. The number of carbonyl (C=O) groups is 2. The second-order valence-corrected chi connectivity index (χ2v) is 6.83. The van der Waals surface area contributed by atoms with Crippen molar-refractivity contribution in [2.75, 3.05) is 41.2 Å². The molecule has 0 saturated heterocycles. The fourth-order valence-corrected chi connectivity index (χ4v) is 0.681. The molecular formula is C23H54O9. The van der Waals surface area contributed by atoms with Gasteiger partial charge in [-0.1, -0.05) is 54.4 Å². The van der Waals surface area contributed by atoms with Crippen molar-refractivity contribution in [2.24, 2.45) is 5.41 Å². The first-order valence-electron chi connectivity index (χ1n) is 11.2. The highest BCUT2D eigenvalue weighted by Crippen LogP contribution is 2.14. The van der Waals surface area contributed by atoms with Crippen molar-refractivity contribution in [2.45, 2.75) is 94.9 Å². The summed E-state index contributed by atoms with van der Waals surface area (Å²) in [5, 5.41) is 7.50. The molecule has 9 heteroatoms. The summed E-state index contributed by atoms with van der Waals surface area (Å²) in [6, 6.07) is 0. The van der Waals surface area contributed by atoms with E-state index in [1.807, 2.05) is 41.5 Å². The van der Waals surface area contributed by atoms with E-state index in [9.17, 15) is 4.79 Å². The zero-order valence-electron chi connectivity index (χ0n) is 23.2. The van der Waals surface area contributed by atoms with E-state index in [-0.39, 0.29) is 11.4 Å². The number of methoxy groups -OCH3 is 1. The zero-order valence-corrected chi connectivity index (χ0v) is 23.2. The van der Waals surface area contributed by atoms with Crippen LogP contribution in [0, 0.1) is 5.41 Å². The first-order chi connectivity index (χ1) is 14.9. The molecule has 0 fully saturated rings. The molecule has 0 unspecified atom stereocenters. The van der Waals surface area contributed by atoms with Crippen LogP contribution in [0.15, 0.2) is 0 Å². The van der Waals surface area contributed by atoms with Gasteiger partial charge < -0.3 is 14.6 Å². The largest absolute Gasteiger partial charge is 0.505 e. The minimum absolute atomic E-state index is 0.134. The molecule has 0 saturated carbocycles. The third-order valence-electron chi connectivity index (χ3n) is 1.87. The first-order valence-corrected chi connectivity index (χ1v) is 11.2. The Morgan fingerprint density at radius 3 is 1.06 bits per heavy atom. The van der Waals surface area contributed by atoms with Gasteiger partial charge in [0.05, 0.1) is 46.6 Å². The molecule has 0 amide bonds. The smallest absolute Gasteiger partial charge is 0.466 e. The molecule has 0 aliphatic rings. The number of carboxylic acid groups (broad SMARTS) is 1. The number of hydrogen-bond acceptors (Lipinski definition) is 8. The molecule has 0 spiro atoms. The van der Waals surface area contributed by atoms with Crippen LogP contribution in [0.5, 0.6) is 0 Å². The Bertz CT molecular complexity index is 299. The minimum Gasteiger partial charge on any atom is -0.466 e. The quantitative estimate of drug-likeness (QED) is 0.187. The monoisotopic (exact) mass is 474 g/mol. The zero-order chi connectivity index (χ0) is 26.8. The third kappa shape index (κ3) is 89.6. The molecule has 0 bridgehead atoms. The van der Waals surface area contributed by atoms with Crippen LogP contribution in [-0.4, -0.2) is 58.4 Å². The highest BCUT2D eigenvalue weighted by molar-refractivity contribution is 5.75. The lowest BCUT2D eigenvalue weighted by atomic mass is 9.97. The fourth-order valence-electron chi connectivity index (χ4n) is 0.681. The predicted molar refractivity (Wildman–Crippen MR) is 130 cm³/mol. The number of ether oxygens (including phenoxy) is 2. The van der Waals surface area contributed by atoms with Crippen molar-refractivity contribution in [1.82, 2.24) is 0 Å². The molecule has 1 N–H and O–H groups in total. The van der Waals surface area contributed by atoms with Gasteiger partial charge in [-0.2, -0.15) is 0 Å². The molecule has 0 aliphatic carbocycles. The molecule has 32 heavy (non-hydrogen) atoms. The summed E-state index contributed by atoms with van der Waals surface area (Å²) < 4.78 is 8.43. The average Bonchev–Trinajstić information content (AvgIpc) is 2.72. The lowest BCUT2D eigenvalue weighted by molar-refractivity contribution is -0.272. The highest BCUT2D eigenvalue weighted by Gasteiger charge is 2.21. The van der Waals surface area contributed by atoms with E-state index in [0.717, 1.165) is 20.0 Å². The Morgan fingerprint density at radius 2 is 1.00 bits per heavy atom. The second kappa shape index (κ2) is 43.5. The topological polar surface area (TPSA) is 110 Å².